The molecule has 34 heavy (non-hydrogen) atoms. The van der Waals surface area contributed by atoms with Crippen LogP contribution in [0.4, 0.5) is 0 Å². The van der Waals surface area contributed by atoms with Crippen LogP contribution in [0.1, 0.15) is 26.3 Å². The maximum Gasteiger partial charge on any atom is 0.278 e. The first-order valence-electron chi connectivity index (χ1n) is 11.2. The lowest BCUT2D eigenvalue weighted by Gasteiger charge is -2.13. The van der Waals surface area contributed by atoms with Crippen LogP contribution in [0.5, 0.6) is 5.75 Å². The average molecular weight is 515 g/mol. The lowest BCUT2D eigenvalue weighted by Crippen LogP contribution is -2.21. The summed E-state index contributed by atoms with van der Waals surface area (Å²) in [4.78, 5) is 18.8. The van der Waals surface area contributed by atoms with Crippen LogP contribution in [-0.4, -0.2) is 45.8 Å². The number of methoxy groups -OCH3 is 1. The number of benzene rings is 2. The van der Waals surface area contributed by atoms with E-state index in [1.165, 1.54) is 35.5 Å². The molecule has 0 bridgehead atoms. The number of thiazole rings is 1. The minimum Gasteiger partial charge on any atom is -0.495 e. The fourth-order valence-corrected chi connectivity index (χ4v) is 5.20. The number of aromatic amines is 1. The van der Waals surface area contributed by atoms with Gasteiger partial charge in [0, 0.05) is 0 Å². The van der Waals surface area contributed by atoms with Crippen molar-refractivity contribution in [1.82, 2.24) is 19.0 Å². The van der Waals surface area contributed by atoms with Crippen LogP contribution in [-0.2, 0) is 6.54 Å². The van der Waals surface area contributed by atoms with E-state index < -0.39 is 0 Å². The molecule has 4 aromatic rings. The molecule has 0 saturated carbocycles. The molecule has 4 rings (SSSR count). The van der Waals surface area contributed by atoms with Gasteiger partial charge in [-0.15, -0.1) is 0 Å². The van der Waals surface area contributed by atoms with Gasteiger partial charge in [-0.25, -0.2) is 4.57 Å². The minimum absolute atomic E-state index is 0.207. The second-order valence-electron chi connectivity index (χ2n) is 7.48. The van der Waals surface area contributed by atoms with Gasteiger partial charge in [-0.2, -0.15) is 0 Å². The number of rotatable bonds is 7. The van der Waals surface area contributed by atoms with E-state index in [0.717, 1.165) is 5.56 Å². The molecule has 1 N–H and O–H groups in total. The van der Waals surface area contributed by atoms with Crippen LogP contribution in [0.15, 0.2) is 59.4 Å². The van der Waals surface area contributed by atoms with Crippen molar-refractivity contribution in [2.45, 2.75) is 27.3 Å². The third kappa shape index (κ3) is 5.72. The molecule has 0 spiro atoms. The molecule has 0 fully saturated rings. The number of nitrogens with one attached hydrogen (secondary N) is 1. The topological polar surface area (TPSA) is 55.2 Å². The maximum absolute atomic E-state index is 13.2. The summed E-state index contributed by atoms with van der Waals surface area (Å²) in [7, 11) is 1.56. The largest absolute Gasteiger partial charge is 0.495 e. The molecule has 6 nitrogen and oxygen atoms in total. The molecule has 9 heteroatoms. The van der Waals surface area contributed by atoms with Crippen LogP contribution in [0, 0.1) is 8.73 Å². The van der Waals surface area contributed by atoms with Gasteiger partial charge in [-0.1, -0.05) is 74.6 Å². The Balaban J connectivity index is 0.000000406. The van der Waals surface area contributed by atoms with Crippen LogP contribution >= 0.6 is 35.8 Å². The van der Waals surface area contributed by atoms with Crippen molar-refractivity contribution < 1.29 is 4.74 Å². The summed E-state index contributed by atoms with van der Waals surface area (Å²) in [6, 6.07) is 17.2. The number of para-hydroxylation sites is 2. The first kappa shape index (κ1) is 26.0. The van der Waals surface area contributed by atoms with Gasteiger partial charge in [0.1, 0.15) is 16.1 Å². The first-order chi connectivity index (χ1) is 16.4. The van der Waals surface area contributed by atoms with Gasteiger partial charge in [0.05, 0.1) is 19.3 Å². The predicted molar refractivity (Wildman–Crippen MR) is 147 cm³/mol. The Morgan fingerprint density at radius 1 is 0.971 bits per heavy atom. The summed E-state index contributed by atoms with van der Waals surface area (Å²) in [6.45, 7) is 10.7. The molecule has 0 radical (unpaired) electrons. The highest BCUT2D eigenvalue weighted by molar-refractivity contribution is 7.73. The number of hydrogen-bond acceptors (Lipinski definition) is 6. The molecule has 0 atom stereocenters. The Morgan fingerprint density at radius 3 is 2.18 bits per heavy atom. The third-order valence-electron chi connectivity index (χ3n) is 5.57. The standard InChI is InChI=1S/C19H15N3O2S3.C6H15N/c1-24-14-10-6-5-9-13(14)22-17(23)15-16(20-18(22)25)21(19(26)27-15)11-12-7-3-2-4-8-12;1-4-7(5-2)6-3/h2-10H,11H2,1H3,(H,20,25);4-6H2,1-3H3. The van der Waals surface area contributed by atoms with Gasteiger partial charge >= 0.3 is 0 Å². The summed E-state index contributed by atoms with van der Waals surface area (Å²) < 4.78 is 10.2. The Kier molecular flexibility index (Phi) is 9.35. The second-order valence-corrected chi connectivity index (χ2v) is 9.51. The molecule has 2 heterocycles. The highest BCUT2D eigenvalue weighted by atomic mass is 32.1. The number of H-pyrrole nitrogens is 1. The zero-order valence-electron chi connectivity index (χ0n) is 19.9. The average Bonchev–Trinajstić information content (AvgIpc) is 3.17. The second kappa shape index (κ2) is 12.2. The highest BCUT2D eigenvalue weighted by Gasteiger charge is 2.16. The summed E-state index contributed by atoms with van der Waals surface area (Å²) in [5.74, 6) is 0.575. The molecular formula is C25H30N4O2S3. The van der Waals surface area contributed by atoms with Crippen molar-refractivity contribution in [3.05, 3.63) is 79.2 Å². The Bertz CT molecular complexity index is 1390. The number of nitrogens with zero attached hydrogens (tertiary/aromatic N) is 3. The van der Waals surface area contributed by atoms with E-state index in [4.69, 9.17) is 29.2 Å². The monoisotopic (exact) mass is 514 g/mol. The van der Waals surface area contributed by atoms with Gasteiger partial charge in [0.15, 0.2) is 8.73 Å². The molecule has 180 valence electrons. The van der Waals surface area contributed by atoms with E-state index in [9.17, 15) is 4.79 Å². The Hall–Kier alpha value is -2.59. The zero-order valence-corrected chi connectivity index (χ0v) is 22.4. The number of fused-ring (bicyclic) bond motifs is 1. The fraction of sp³-hybridized carbons (Fsp3) is 0.320. The smallest absolute Gasteiger partial charge is 0.278 e. The van der Waals surface area contributed by atoms with Gasteiger partial charge in [-0.3, -0.25) is 4.79 Å². The molecular weight excluding hydrogens is 485 g/mol. The van der Waals surface area contributed by atoms with Crippen LogP contribution in [0.2, 0.25) is 0 Å². The van der Waals surface area contributed by atoms with Gasteiger partial charge < -0.3 is 19.2 Å². The fourth-order valence-electron chi connectivity index (χ4n) is 3.64. The Labute approximate surface area is 214 Å². The molecule has 0 saturated heterocycles. The van der Waals surface area contributed by atoms with Crippen molar-refractivity contribution in [2.75, 3.05) is 26.7 Å². The van der Waals surface area contributed by atoms with Gasteiger partial charge in [0.2, 0.25) is 0 Å². The van der Waals surface area contributed by atoms with Crippen molar-refractivity contribution >= 4 is 46.1 Å². The molecule has 2 aromatic carbocycles. The molecule has 0 amide bonds. The van der Waals surface area contributed by atoms with Crippen LogP contribution in [0.25, 0.3) is 16.0 Å². The van der Waals surface area contributed by atoms with Gasteiger partial charge in [0.25, 0.3) is 5.56 Å². The van der Waals surface area contributed by atoms with E-state index in [-0.39, 0.29) is 5.56 Å². The van der Waals surface area contributed by atoms with Crippen molar-refractivity contribution in [1.29, 1.82) is 0 Å². The molecule has 0 aliphatic carbocycles. The highest BCUT2D eigenvalue weighted by Crippen LogP contribution is 2.24. The molecule has 0 aliphatic heterocycles. The maximum atomic E-state index is 13.2. The van der Waals surface area contributed by atoms with Crippen LogP contribution in [0.3, 0.4) is 0 Å². The van der Waals surface area contributed by atoms with E-state index in [1.54, 1.807) is 19.2 Å². The number of hydrogen-bond donors (Lipinski definition) is 1. The summed E-state index contributed by atoms with van der Waals surface area (Å²) >= 11 is 12.3. The lowest BCUT2D eigenvalue weighted by atomic mass is 10.2. The quantitative estimate of drug-likeness (QED) is 0.305. The van der Waals surface area contributed by atoms with Crippen LogP contribution < -0.4 is 10.3 Å². The molecule has 0 unspecified atom stereocenters. The Morgan fingerprint density at radius 2 is 1.59 bits per heavy atom. The first-order valence-corrected chi connectivity index (χ1v) is 12.9. The molecule has 2 aromatic heterocycles. The van der Waals surface area contributed by atoms with Crippen molar-refractivity contribution in [3.8, 4) is 11.4 Å². The third-order valence-corrected chi connectivity index (χ3v) is 7.29. The number of ether oxygens (including phenoxy) is 1. The zero-order chi connectivity index (χ0) is 24.7. The van der Waals surface area contributed by atoms with Gasteiger partial charge in [-0.05, 0) is 61.8 Å². The van der Waals surface area contributed by atoms with E-state index in [0.29, 0.717) is 37.1 Å². The normalized spacial score (nSPS) is 10.9. The summed E-state index contributed by atoms with van der Waals surface area (Å²) in [5, 5.41) is 0. The summed E-state index contributed by atoms with van der Waals surface area (Å²) in [5.41, 5.74) is 2.14. The van der Waals surface area contributed by atoms with Crippen molar-refractivity contribution in [3.63, 3.8) is 0 Å². The SMILES string of the molecule is CCN(CC)CC.COc1ccccc1-n1c(=S)[nH]c2c(sc(=S)n2Cc2ccccc2)c1=O. The lowest BCUT2D eigenvalue weighted by molar-refractivity contribution is 0.321. The van der Waals surface area contributed by atoms with Crippen molar-refractivity contribution in [2.24, 2.45) is 0 Å². The van der Waals surface area contributed by atoms with E-state index >= 15 is 0 Å². The number of aromatic nitrogens is 3. The summed E-state index contributed by atoms with van der Waals surface area (Å²) in [6.07, 6.45) is 0. The minimum atomic E-state index is -0.207. The molecule has 0 aliphatic rings. The predicted octanol–water partition coefficient (Wildman–Crippen LogP) is 6.05. The van der Waals surface area contributed by atoms with E-state index in [1.807, 2.05) is 47.0 Å². The van der Waals surface area contributed by atoms with E-state index in [2.05, 4.69) is 30.7 Å².